The normalized spacial score (nSPS) is 15.6. The maximum Gasteiger partial charge on any atom is 0.294 e. The summed E-state index contributed by atoms with van der Waals surface area (Å²) in [6.07, 6.45) is 3.12. The lowest BCUT2D eigenvalue weighted by molar-refractivity contribution is -0.117. The number of carbonyl (C=O) groups excluding carboxylic acids is 1. The molecule has 5 heteroatoms. The summed E-state index contributed by atoms with van der Waals surface area (Å²) in [7, 11) is 0. The van der Waals surface area contributed by atoms with E-state index in [1.54, 1.807) is 47.6 Å². The van der Waals surface area contributed by atoms with E-state index < -0.39 is 0 Å². The molecule has 1 aromatic carbocycles. The number of nitrogen functional groups attached to an aromatic ring is 1. The van der Waals surface area contributed by atoms with Crippen molar-refractivity contribution >= 4 is 23.4 Å². The van der Waals surface area contributed by atoms with E-state index in [2.05, 4.69) is 6.58 Å². The van der Waals surface area contributed by atoms with Crippen molar-refractivity contribution in [3.8, 4) is 5.75 Å². The Morgan fingerprint density at radius 2 is 2.23 bits per heavy atom. The second-order valence-electron chi connectivity index (χ2n) is 5.20. The number of rotatable bonds is 3. The molecule has 0 bridgehead atoms. The summed E-state index contributed by atoms with van der Waals surface area (Å²) in [5.41, 5.74) is 7.89. The molecular formula is C17H16N2O3. The van der Waals surface area contributed by atoms with E-state index in [0.29, 0.717) is 29.4 Å². The minimum Gasteiger partial charge on any atom is -0.465 e. The lowest BCUT2D eigenvalue weighted by atomic mass is 10.1. The number of benzene rings is 1. The molecule has 2 N–H and O–H groups in total. The van der Waals surface area contributed by atoms with E-state index in [4.69, 9.17) is 14.9 Å². The van der Waals surface area contributed by atoms with Crippen molar-refractivity contribution in [2.24, 2.45) is 0 Å². The highest BCUT2D eigenvalue weighted by molar-refractivity contribution is 6.10. The van der Waals surface area contributed by atoms with Gasteiger partial charge in [0.05, 0.1) is 12.0 Å². The number of amides is 1. The molecule has 2 aromatic rings. The van der Waals surface area contributed by atoms with Crippen molar-refractivity contribution in [3.05, 3.63) is 60.3 Å². The van der Waals surface area contributed by atoms with E-state index in [1.807, 2.05) is 6.92 Å². The number of fused-ring (bicyclic) bond motifs is 1. The molecule has 1 aliphatic rings. The Balaban J connectivity index is 2.06. The Kier molecular flexibility index (Phi) is 3.47. The molecule has 112 valence electrons. The van der Waals surface area contributed by atoms with Crippen LogP contribution in [0.5, 0.6) is 5.75 Å². The van der Waals surface area contributed by atoms with E-state index in [-0.39, 0.29) is 11.7 Å². The summed E-state index contributed by atoms with van der Waals surface area (Å²) in [6, 6.07) is 8.71. The van der Waals surface area contributed by atoms with Crippen molar-refractivity contribution in [3.63, 3.8) is 0 Å². The fourth-order valence-corrected chi connectivity index (χ4v) is 2.26. The van der Waals surface area contributed by atoms with E-state index in [0.717, 1.165) is 5.57 Å². The maximum absolute atomic E-state index is 12.7. The van der Waals surface area contributed by atoms with Gasteiger partial charge in [-0.3, -0.25) is 9.69 Å². The molecule has 0 radical (unpaired) electrons. The standard InChI is InChI=1S/C17H16N2O3/c1-11(2)10-19-14-8-12(18)5-6-15(14)22-16(17(19)20)9-13-4-3-7-21-13/h3-9H,1,10,18H2,2H3/b16-9+. The fourth-order valence-electron chi connectivity index (χ4n) is 2.26. The van der Waals surface area contributed by atoms with Gasteiger partial charge in [-0.25, -0.2) is 0 Å². The molecule has 5 nitrogen and oxygen atoms in total. The fraction of sp³-hybridized carbons (Fsp3) is 0.118. The van der Waals surface area contributed by atoms with Gasteiger partial charge in [-0.05, 0) is 37.3 Å². The number of hydrogen-bond acceptors (Lipinski definition) is 4. The van der Waals surface area contributed by atoms with Crippen molar-refractivity contribution in [2.45, 2.75) is 6.92 Å². The van der Waals surface area contributed by atoms with Gasteiger partial charge in [0.25, 0.3) is 5.91 Å². The van der Waals surface area contributed by atoms with E-state index in [1.165, 1.54) is 0 Å². The van der Waals surface area contributed by atoms with Crippen LogP contribution in [0.4, 0.5) is 11.4 Å². The van der Waals surface area contributed by atoms with Gasteiger partial charge in [-0.15, -0.1) is 0 Å². The van der Waals surface area contributed by atoms with Crippen LogP contribution in [0.25, 0.3) is 6.08 Å². The van der Waals surface area contributed by atoms with Gasteiger partial charge in [-0.1, -0.05) is 12.2 Å². The molecule has 3 rings (SSSR count). The number of ether oxygens (including phenoxy) is 1. The largest absolute Gasteiger partial charge is 0.465 e. The summed E-state index contributed by atoms with van der Waals surface area (Å²) in [6.45, 7) is 6.14. The van der Waals surface area contributed by atoms with Gasteiger partial charge >= 0.3 is 0 Å². The smallest absolute Gasteiger partial charge is 0.294 e. The highest BCUT2D eigenvalue weighted by atomic mass is 16.5. The van der Waals surface area contributed by atoms with Gasteiger partial charge < -0.3 is 14.9 Å². The number of nitrogens with two attached hydrogens (primary N) is 1. The molecule has 0 saturated heterocycles. The quantitative estimate of drug-likeness (QED) is 0.536. The minimum atomic E-state index is -0.252. The predicted molar refractivity (Wildman–Crippen MR) is 85.3 cm³/mol. The van der Waals surface area contributed by atoms with Crippen LogP contribution in [-0.4, -0.2) is 12.5 Å². The molecule has 0 spiro atoms. The Labute approximate surface area is 128 Å². The number of anilines is 2. The van der Waals surface area contributed by atoms with Crippen LogP contribution < -0.4 is 15.4 Å². The van der Waals surface area contributed by atoms with Crippen LogP contribution in [-0.2, 0) is 4.79 Å². The van der Waals surface area contributed by atoms with Gasteiger partial charge in [0, 0.05) is 18.3 Å². The van der Waals surface area contributed by atoms with E-state index in [9.17, 15) is 4.79 Å². The van der Waals surface area contributed by atoms with Crippen LogP contribution in [0, 0.1) is 0 Å². The highest BCUT2D eigenvalue weighted by Gasteiger charge is 2.30. The monoisotopic (exact) mass is 296 g/mol. The van der Waals surface area contributed by atoms with Crippen molar-refractivity contribution in [2.75, 3.05) is 17.2 Å². The number of nitrogens with zero attached hydrogens (tertiary/aromatic N) is 1. The zero-order valence-corrected chi connectivity index (χ0v) is 12.2. The number of furan rings is 1. The molecular weight excluding hydrogens is 280 g/mol. The zero-order chi connectivity index (χ0) is 15.7. The molecule has 1 aliphatic heterocycles. The molecule has 0 fully saturated rings. The second kappa shape index (κ2) is 5.44. The Bertz CT molecular complexity index is 760. The average Bonchev–Trinajstić information content (AvgIpc) is 2.97. The van der Waals surface area contributed by atoms with Gasteiger partial charge in [0.15, 0.2) is 11.5 Å². The van der Waals surface area contributed by atoms with Crippen molar-refractivity contribution in [1.29, 1.82) is 0 Å². The third-order valence-electron chi connectivity index (χ3n) is 3.19. The topological polar surface area (TPSA) is 68.7 Å². The third-order valence-corrected chi connectivity index (χ3v) is 3.19. The maximum atomic E-state index is 12.7. The summed E-state index contributed by atoms with van der Waals surface area (Å²) in [5, 5.41) is 0. The minimum absolute atomic E-state index is 0.202. The summed E-state index contributed by atoms with van der Waals surface area (Å²) < 4.78 is 11.0. The Hall–Kier alpha value is -2.95. The predicted octanol–water partition coefficient (Wildman–Crippen LogP) is 3.20. The number of carbonyl (C=O) groups is 1. The van der Waals surface area contributed by atoms with Crippen LogP contribution in [0.1, 0.15) is 12.7 Å². The van der Waals surface area contributed by atoms with Gasteiger partial charge in [0.2, 0.25) is 0 Å². The second-order valence-corrected chi connectivity index (χ2v) is 5.20. The first kappa shape index (κ1) is 14.0. The number of hydrogen-bond donors (Lipinski definition) is 1. The summed E-state index contributed by atoms with van der Waals surface area (Å²) in [4.78, 5) is 14.3. The SMILES string of the molecule is C=C(C)CN1C(=O)/C(=C\c2ccco2)Oc2ccc(N)cc21. The van der Waals surface area contributed by atoms with Crippen LogP contribution in [0.15, 0.2) is 58.9 Å². The lowest BCUT2D eigenvalue weighted by Crippen LogP contribution is -2.38. The van der Waals surface area contributed by atoms with Crippen molar-refractivity contribution in [1.82, 2.24) is 0 Å². The molecule has 1 aromatic heterocycles. The Morgan fingerprint density at radius 1 is 1.41 bits per heavy atom. The van der Waals surface area contributed by atoms with Crippen LogP contribution in [0.2, 0.25) is 0 Å². The molecule has 0 unspecified atom stereocenters. The molecule has 0 atom stereocenters. The zero-order valence-electron chi connectivity index (χ0n) is 12.2. The van der Waals surface area contributed by atoms with Crippen molar-refractivity contribution < 1.29 is 13.9 Å². The first-order valence-electron chi connectivity index (χ1n) is 6.83. The summed E-state index contributed by atoms with van der Waals surface area (Å²) in [5.74, 6) is 1.08. The van der Waals surface area contributed by atoms with Crippen LogP contribution >= 0.6 is 0 Å². The molecule has 0 aliphatic carbocycles. The Morgan fingerprint density at radius 3 is 2.91 bits per heavy atom. The first-order valence-corrected chi connectivity index (χ1v) is 6.83. The van der Waals surface area contributed by atoms with Crippen LogP contribution in [0.3, 0.4) is 0 Å². The molecule has 0 saturated carbocycles. The van der Waals surface area contributed by atoms with Gasteiger partial charge in [-0.2, -0.15) is 0 Å². The molecule has 2 heterocycles. The lowest BCUT2D eigenvalue weighted by Gasteiger charge is -2.30. The van der Waals surface area contributed by atoms with E-state index >= 15 is 0 Å². The summed E-state index contributed by atoms with van der Waals surface area (Å²) >= 11 is 0. The third kappa shape index (κ3) is 2.61. The highest BCUT2D eigenvalue weighted by Crippen LogP contribution is 2.37. The molecule has 22 heavy (non-hydrogen) atoms. The average molecular weight is 296 g/mol. The van der Waals surface area contributed by atoms with Gasteiger partial charge in [0.1, 0.15) is 5.76 Å². The molecule has 1 amide bonds. The first-order chi connectivity index (χ1) is 10.5.